The first-order valence-electron chi connectivity index (χ1n) is 7.31. The number of ether oxygens (including phenoxy) is 2. The van der Waals surface area contributed by atoms with Crippen LogP contribution in [-0.4, -0.2) is 47.8 Å². The molecule has 2 aliphatic heterocycles. The number of aromatic nitrogens is 2. The SMILES string of the molecule is COc1ccnc(N[C@@H]2CCC(=O)N[C@H]2C2CCCO2)n1. The molecule has 0 aromatic carbocycles. The summed E-state index contributed by atoms with van der Waals surface area (Å²) in [5.41, 5.74) is 0. The minimum atomic E-state index is -0.0384. The van der Waals surface area contributed by atoms with Gasteiger partial charge in [0.1, 0.15) is 0 Å². The van der Waals surface area contributed by atoms with Gasteiger partial charge in [-0.1, -0.05) is 0 Å². The minimum absolute atomic E-state index is 0.0384. The maximum atomic E-state index is 11.7. The van der Waals surface area contributed by atoms with Crippen molar-refractivity contribution in [2.75, 3.05) is 19.0 Å². The number of methoxy groups -OCH3 is 1. The average molecular weight is 292 g/mol. The average Bonchev–Trinajstić information content (AvgIpc) is 3.03. The molecule has 1 unspecified atom stereocenters. The quantitative estimate of drug-likeness (QED) is 0.850. The van der Waals surface area contributed by atoms with E-state index < -0.39 is 0 Å². The standard InChI is InChI=1S/C14H20N4O3/c1-20-12-6-7-15-14(18-12)16-9-4-5-11(19)17-13(9)10-3-2-8-21-10/h6-7,9-10,13H,2-5,8H2,1H3,(H,17,19)(H,15,16,18)/t9-,10?,13-/m1/s1. The van der Waals surface area contributed by atoms with Crippen LogP contribution in [0.1, 0.15) is 25.7 Å². The van der Waals surface area contributed by atoms with Gasteiger partial charge in [0.05, 0.1) is 25.3 Å². The number of piperidine rings is 1. The molecule has 21 heavy (non-hydrogen) atoms. The number of hydrogen-bond acceptors (Lipinski definition) is 6. The van der Waals surface area contributed by atoms with Crippen LogP contribution in [0.5, 0.6) is 5.88 Å². The molecular formula is C14H20N4O3. The van der Waals surface area contributed by atoms with Crippen LogP contribution in [-0.2, 0) is 9.53 Å². The smallest absolute Gasteiger partial charge is 0.226 e. The van der Waals surface area contributed by atoms with Gasteiger partial charge in [-0.2, -0.15) is 4.98 Å². The summed E-state index contributed by atoms with van der Waals surface area (Å²) in [7, 11) is 1.57. The highest BCUT2D eigenvalue weighted by molar-refractivity contribution is 5.77. The highest BCUT2D eigenvalue weighted by atomic mass is 16.5. The van der Waals surface area contributed by atoms with E-state index in [4.69, 9.17) is 9.47 Å². The van der Waals surface area contributed by atoms with E-state index in [0.29, 0.717) is 18.2 Å². The van der Waals surface area contributed by atoms with E-state index in [2.05, 4.69) is 20.6 Å². The predicted octanol–water partition coefficient (Wildman–Crippen LogP) is 0.723. The van der Waals surface area contributed by atoms with Gasteiger partial charge in [-0.3, -0.25) is 4.79 Å². The summed E-state index contributed by atoms with van der Waals surface area (Å²) in [4.78, 5) is 20.2. The Bertz CT molecular complexity index is 505. The van der Waals surface area contributed by atoms with E-state index in [1.807, 2.05) is 0 Å². The molecule has 0 radical (unpaired) electrons. The summed E-state index contributed by atoms with van der Waals surface area (Å²) in [5, 5.41) is 6.35. The predicted molar refractivity (Wildman–Crippen MR) is 76.1 cm³/mol. The second-order valence-corrected chi connectivity index (χ2v) is 5.36. The number of rotatable bonds is 4. The van der Waals surface area contributed by atoms with Gasteiger partial charge in [-0.05, 0) is 19.3 Å². The van der Waals surface area contributed by atoms with Gasteiger partial charge >= 0.3 is 0 Å². The number of anilines is 1. The van der Waals surface area contributed by atoms with Crippen LogP contribution in [0.3, 0.4) is 0 Å². The van der Waals surface area contributed by atoms with Crippen molar-refractivity contribution >= 4 is 11.9 Å². The van der Waals surface area contributed by atoms with E-state index in [-0.39, 0.29) is 24.1 Å². The summed E-state index contributed by atoms with van der Waals surface area (Å²) in [6.07, 6.45) is 4.98. The van der Waals surface area contributed by atoms with Crippen LogP contribution in [0.2, 0.25) is 0 Å². The molecule has 0 saturated carbocycles. The van der Waals surface area contributed by atoms with Gasteiger partial charge in [-0.25, -0.2) is 4.98 Å². The Kier molecular flexibility index (Phi) is 4.19. The lowest BCUT2D eigenvalue weighted by Gasteiger charge is -2.36. The molecule has 3 atom stereocenters. The van der Waals surface area contributed by atoms with Crippen molar-refractivity contribution in [1.29, 1.82) is 0 Å². The molecule has 7 nitrogen and oxygen atoms in total. The molecule has 7 heteroatoms. The monoisotopic (exact) mass is 292 g/mol. The molecule has 0 bridgehead atoms. The zero-order valence-corrected chi connectivity index (χ0v) is 12.0. The molecule has 114 valence electrons. The van der Waals surface area contributed by atoms with Gasteiger partial charge in [0.2, 0.25) is 17.7 Å². The first kappa shape index (κ1) is 14.1. The summed E-state index contributed by atoms with van der Waals surface area (Å²) in [5.74, 6) is 1.11. The molecule has 2 aliphatic rings. The van der Waals surface area contributed by atoms with E-state index in [1.165, 1.54) is 0 Å². The van der Waals surface area contributed by atoms with Crippen LogP contribution in [0.4, 0.5) is 5.95 Å². The van der Waals surface area contributed by atoms with Gasteiger partial charge in [0.25, 0.3) is 0 Å². The molecule has 1 aromatic rings. The lowest BCUT2D eigenvalue weighted by atomic mass is 9.92. The maximum absolute atomic E-state index is 11.7. The van der Waals surface area contributed by atoms with Crippen molar-refractivity contribution in [1.82, 2.24) is 15.3 Å². The Morgan fingerprint density at radius 3 is 3.14 bits per heavy atom. The third-order valence-corrected chi connectivity index (χ3v) is 3.96. The van der Waals surface area contributed by atoms with Gasteiger partial charge in [0, 0.05) is 25.3 Å². The summed E-state index contributed by atoms with van der Waals surface area (Å²) in [6, 6.07) is 1.73. The second kappa shape index (κ2) is 6.26. The fraction of sp³-hybridized carbons (Fsp3) is 0.643. The summed E-state index contributed by atoms with van der Waals surface area (Å²) >= 11 is 0. The fourth-order valence-electron chi connectivity index (χ4n) is 2.92. The highest BCUT2D eigenvalue weighted by Gasteiger charge is 2.37. The Morgan fingerprint density at radius 1 is 1.48 bits per heavy atom. The van der Waals surface area contributed by atoms with Gasteiger partial charge in [0.15, 0.2) is 0 Å². The maximum Gasteiger partial charge on any atom is 0.226 e. The van der Waals surface area contributed by atoms with Crippen molar-refractivity contribution in [3.63, 3.8) is 0 Å². The van der Waals surface area contributed by atoms with E-state index in [0.717, 1.165) is 25.9 Å². The molecule has 2 N–H and O–H groups in total. The van der Waals surface area contributed by atoms with Crippen LogP contribution in [0, 0.1) is 0 Å². The van der Waals surface area contributed by atoms with Gasteiger partial charge in [-0.15, -0.1) is 0 Å². The Morgan fingerprint density at radius 2 is 2.38 bits per heavy atom. The van der Waals surface area contributed by atoms with Crippen molar-refractivity contribution in [3.8, 4) is 5.88 Å². The van der Waals surface area contributed by atoms with Crippen molar-refractivity contribution < 1.29 is 14.3 Å². The zero-order chi connectivity index (χ0) is 14.7. The highest BCUT2D eigenvalue weighted by Crippen LogP contribution is 2.24. The Labute approximate surface area is 123 Å². The number of nitrogens with one attached hydrogen (secondary N) is 2. The number of carbonyl (C=O) groups excluding carboxylic acids is 1. The van der Waals surface area contributed by atoms with Crippen molar-refractivity contribution in [3.05, 3.63) is 12.3 Å². The lowest BCUT2D eigenvalue weighted by Crippen LogP contribution is -2.57. The van der Waals surface area contributed by atoms with E-state index in [9.17, 15) is 4.79 Å². The topological polar surface area (TPSA) is 85.4 Å². The molecule has 1 aromatic heterocycles. The first-order chi connectivity index (χ1) is 10.3. The lowest BCUT2D eigenvalue weighted by molar-refractivity contribution is -0.124. The third-order valence-electron chi connectivity index (χ3n) is 3.96. The molecule has 2 fully saturated rings. The molecule has 3 heterocycles. The third kappa shape index (κ3) is 3.24. The molecule has 1 amide bonds. The van der Waals surface area contributed by atoms with E-state index in [1.54, 1.807) is 19.4 Å². The van der Waals surface area contributed by atoms with Crippen LogP contribution in [0.25, 0.3) is 0 Å². The molecule has 0 spiro atoms. The normalized spacial score (nSPS) is 29.0. The zero-order valence-electron chi connectivity index (χ0n) is 12.0. The minimum Gasteiger partial charge on any atom is -0.481 e. The first-order valence-corrected chi connectivity index (χ1v) is 7.31. The van der Waals surface area contributed by atoms with Crippen LogP contribution in [0.15, 0.2) is 12.3 Å². The van der Waals surface area contributed by atoms with Crippen molar-refractivity contribution in [2.45, 2.75) is 43.9 Å². The number of carbonyl (C=O) groups is 1. The second-order valence-electron chi connectivity index (χ2n) is 5.36. The van der Waals surface area contributed by atoms with E-state index >= 15 is 0 Å². The summed E-state index contributed by atoms with van der Waals surface area (Å²) < 4.78 is 10.8. The molecular weight excluding hydrogens is 272 g/mol. The van der Waals surface area contributed by atoms with Crippen LogP contribution < -0.4 is 15.4 Å². The number of amides is 1. The van der Waals surface area contributed by atoms with Crippen LogP contribution >= 0.6 is 0 Å². The largest absolute Gasteiger partial charge is 0.481 e. The molecule has 0 aliphatic carbocycles. The summed E-state index contributed by atoms with van der Waals surface area (Å²) in [6.45, 7) is 0.763. The van der Waals surface area contributed by atoms with Crippen molar-refractivity contribution in [2.24, 2.45) is 0 Å². The Hall–Kier alpha value is -1.89. The fourth-order valence-corrected chi connectivity index (χ4v) is 2.92. The molecule has 3 rings (SSSR count). The Balaban J connectivity index is 1.72. The van der Waals surface area contributed by atoms with Gasteiger partial charge < -0.3 is 20.1 Å². The number of nitrogens with zero attached hydrogens (tertiary/aromatic N) is 2. The number of hydrogen-bond donors (Lipinski definition) is 2. The molecule has 2 saturated heterocycles.